The Hall–Kier alpha value is -2.35. The number of allylic oxidation sites excluding steroid dienone is 10. The second-order valence-corrected chi connectivity index (χ2v) is 5.77. The van der Waals surface area contributed by atoms with Crippen LogP contribution in [0.25, 0.3) is 0 Å². The fraction of sp³-hybridized carbons (Fsp3) is 0.318. The fourth-order valence-electron chi connectivity index (χ4n) is 2.08. The molecular formula is C22H30N2. The third-order valence-corrected chi connectivity index (χ3v) is 3.69. The molecule has 0 radical (unpaired) electrons. The van der Waals surface area contributed by atoms with Crippen LogP contribution >= 0.6 is 0 Å². The first-order chi connectivity index (χ1) is 11.7. The number of aliphatic imine (C=N–C) groups is 1. The zero-order valence-electron chi connectivity index (χ0n) is 15.4. The molecule has 0 saturated carbocycles. The van der Waals surface area contributed by atoms with Crippen LogP contribution in [0.1, 0.15) is 27.2 Å². The van der Waals surface area contributed by atoms with Crippen molar-refractivity contribution in [1.82, 2.24) is 4.90 Å². The molecule has 0 bridgehead atoms. The first-order valence-electron chi connectivity index (χ1n) is 8.61. The minimum atomic E-state index is 0.632. The maximum absolute atomic E-state index is 4.03. The van der Waals surface area contributed by atoms with Gasteiger partial charge in [0.15, 0.2) is 0 Å². The van der Waals surface area contributed by atoms with Crippen molar-refractivity contribution in [2.75, 3.05) is 13.6 Å². The van der Waals surface area contributed by atoms with Crippen molar-refractivity contribution in [2.24, 2.45) is 10.9 Å². The van der Waals surface area contributed by atoms with Crippen molar-refractivity contribution in [3.8, 4) is 0 Å². The van der Waals surface area contributed by atoms with E-state index >= 15 is 0 Å². The predicted octanol–water partition coefficient (Wildman–Crippen LogP) is 5.62. The van der Waals surface area contributed by atoms with Gasteiger partial charge < -0.3 is 4.90 Å². The average Bonchev–Trinajstić information content (AvgIpc) is 2.81. The summed E-state index contributed by atoms with van der Waals surface area (Å²) < 4.78 is 0. The predicted molar refractivity (Wildman–Crippen MR) is 108 cm³/mol. The monoisotopic (exact) mass is 322 g/mol. The molecule has 1 rings (SSSR count). The zero-order chi connectivity index (χ0) is 17.6. The molecule has 1 aliphatic heterocycles. The second kappa shape index (κ2) is 12.1. The Balaban J connectivity index is 2.67. The maximum Gasteiger partial charge on any atom is 0.0470 e. The molecule has 1 aliphatic rings. The summed E-state index contributed by atoms with van der Waals surface area (Å²) in [5.74, 6) is 0.632. The number of hydrogen-bond donors (Lipinski definition) is 0. The van der Waals surface area contributed by atoms with Gasteiger partial charge in [0, 0.05) is 32.2 Å². The quantitative estimate of drug-likeness (QED) is 0.418. The maximum atomic E-state index is 4.03. The SMILES string of the molecule is C/C=C\C(=C/C=NC)CN1C=CC=C(C=C/C=C\C(C)CC)C=C1. The van der Waals surface area contributed by atoms with E-state index in [1.54, 1.807) is 7.05 Å². The van der Waals surface area contributed by atoms with E-state index in [9.17, 15) is 0 Å². The highest BCUT2D eigenvalue weighted by atomic mass is 15.1. The molecule has 0 amide bonds. The summed E-state index contributed by atoms with van der Waals surface area (Å²) >= 11 is 0. The Labute approximate surface area is 147 Å². The summed E-state index contributed by atoms with van der Waals surface area (Å²) in [6, 6.07) is 0. The molecule has 0 saturated heterocycles. The molecule has 0 N–H and O–H groups in total. The summed E-state index contributed by atoms with van der Waals surface area (Å²) in [6.45, 7) is 7.29. The van der Waals surface area contributed by atoms with Crippen molar-refractivity contribution in [3.63, 3.8) is 0 Å². The van der Waals surface area contributed by atoms with Crippen molar-refractivity contribution < 1.29 is 0 Å². The highest BCUT2D eigenvalue weighted by molar-refractivity contribution is 5.73. The molecule has 128 valence electrons. The van der Waals surface area contributed by atoms with Gasteiger partial charge in [-0.25, -0.2) is 0 Å². The highest BCUT2D eigenvalue weighted by Gasteiger charge is 2.00. The van der Waals surface area contributed by atoms with Crippen molar-refractivity contribution in [2.45, 2.75) is 27.2 Å². The van der Waals surface area contributed by atoms with Gasteiger partial charge in [0.2, 0.25) is 0 Å². The van der Waals surface area contributed by atoms with Crippen molar-refractivity contribution in [1.29, 1.82) is 0 Å². The largest absolute Gasteiger partial charge is 0.350 e. The molecule has 0 spiro atoms. The molecule has 0 aromatic rings. The van der Waals surface area contributed by atoms with Crippen LogP contribution in [0.5, 0.6) is 0 Å². The van der Waals surface area contributed by atoms with E-state index in [0.717, 1.165) is 6.54 Å². The third kappa shape index (κ3) is 8.33. The average molecular weight is 322 g/mol. The third-order valence-electron chi connectivity index (χ3n) is 3.69. The normalized spacial score (nSPS) is 17.6. The molecule has 24 heavy (non-hydrogen) atoms. The van der Waals surface area contributed by atoms with Gasteiger partial charge in [0.1, 0.15) is 0 Å². The number of nitrogens with zero attached hydrogens (tertiary/aromatic N) is 2. The molecule has 1 atom stereocenters. The van der Waals surface area contributed by atoms with Crippen molar-refractivity contribution in [3.05, 3.63) is 84.3 Å². The minimum Gasteiger partial charge on any atom is -0.350 e. The van der Waals surface area contributed by atoms with E-state index in [4.69, 9.17) is 0 Å². The topological polar surface area (TPSA) is 15.6 Å². The fourth-order valence-corrected chi connectivity index (χ4v) is 2.08. The molecule has 2 nitrogen and oxygen atoms in total. The highest BCUT2D eigenvalue weighted by Crippen LogP contribution is 2.10. The van der Waals surface area contributed by atoms with Gasteiger partial charge in [-0.05, 0) is 42.2 Å². The van der Waals surface area contributed by atoms with Crippen LogP contribution in [-0.2, 0) is 0 Å². The van der Waals surface area contributed by atoms with Gasteiger partial charge in [0.25, 0.3) is 0 Å². The van der Waals surface area contributed by atoms with Crippen LogP contribution in [0, 0.1) is 5.92 Å². The van der Waals surface area contributed by atoms with Gasteiger partial charge in [-0.3, -0.25) is 4.99 Å². The molecule has 1 unspecified atom stereocenters. The summed E-state index contributed by atoms with van der Waals surface area (Å²) in [5.41, 5.74) is 2.40. The molecule has 1 heterocycles. The van der Waals surface area contributed by atoms with Gasteiger partial charge in [0.05, 0.1) is 0 Å². The van der Waals surface area contributed by atoms with Gasteiger partial charge >= 0.3 is 0 Å². The van der Waals surface area contributed by atoms with E-state index in [1.165, 1.54) is 17.6 Å². The molecule has 0 aromatic heterocycles. The van der Waals surface area contributed by atoms with Gasteiger partial charge in [-0.2, -0.15) is 0 Å². The molecular weight excluding hydrogens is 292 g/mol. The Kier molecular flexibility index (Phi) is 9.95. The molecule has 0 fully saturated rings. The lowest BCUT2D eigenvalue weighted by Crippen LogP contribution is -2.12. The Morgan fingerprint density at radius 1 is 1.29 bits per heavy atom. The summed E-state index contributed by atoms with van der Waals surface area (Å²) in [4.78, 5) is 6.19. The van der Waals surface area contributed by atoms with Crippen LogP contribution in [0.3, 0.4) is 0 Å². The smallest absolute Gasteiger partial charge is 0.0470 e. The van der Waals surface area contributed by atoms with Crippen LogP contribution in [0.2, 0.25) is 0 Å². The van der Waals surface area contributed by atoms with E-state index in [1.807, 2.05) is 19.2 Å². The van der Waals surface area contributed by atoms with E-state index in [2.05, 4.69) is 90.8 Å². The molecule has 2 heteroatoms. The van der Waals surface area contributed by atoms with Crippen LogP contribution in [0.15, 0.2) is 89.3 Å². The van der Waals surface area contributed by atoms with E-state index in [-0.39, 0.29) is 0 Å². The summed E-state index contributed by atoms with van der Waals surface area (Å²) in [5, 5.41) is 0. The second-order valence-electron chi connectivity index (χ2n) is 5.77. The van der Waals surface area contributed by atoms with Crippen LogP contribution < -0.4 is 0 Å². The van der Waals surface area contributed by atoms with E-state index in [0.29, 0.717) is 5.92 Å². The zero-order valence-corrected chi connectivity index (χ0v) is 15.4. The standard InChI is InChI=1S/C22H30N2/c1-5-10-22(14-16-23-4)19-24-17-9-13-21(15-18-24)12-8-7-11-20(3)6-2/h5,7-18,20H,6,19H2,1-4H3/b10-5-,11-7-,12-8?,22-14+,23-16?. The molecule has 0 aromatic carbocycles. The Morgan fingerprint density at radius 3 is 2.83 bits per heavy atom. The van der Waals surface area contributed by atoms with Gasteiger partial charge in [-0.15, -0.1) is 0 Å². The first kappa shape index (κ1) is 19.7. The first-order valence-corrected chi connectivity index (χ1v) is 8.61. The Morgan fingerprint density at radius 2 is 2.12 bits per heavy atom. The van der Waals surface area contributed by atoms with Gasteiger partial charge in [-0.1, -0.05) is 62.8 Å². The molecule has 0 aliphatic carbocycles. The number of hydrogen-bond acceptors (Lipinski definition) is 2. The summed E-state index contributed by atoms with van der Waals surface area (Å²) in [6.07, 6.45) is 28.4. The Bertz CT molecular complexity index is 595. The lowest BCUT2D eigenvalue weighted by Gasteiger charge is -2.15. The lowest BCUT2D eigenvalue weighted by atomic mass is 10.1. The van der Waals surface area contributed by atoms with Crippen LogP contribution in [0.4, 0.5) is 0 Å². The minimum absolute atomic E-state index is 0.632. The van der Waals surface area contributed by atoms with Crippen molar-refractivity contribution >= 4 is 6.21 Å². The summed E-state index contributed by atoms with van der Waals surface area (Å²) in [7, 11) is 1.79. The van der Waals surface area contributed by atoms with Crippen LogP contribution in [-0.4, -0.2) is 24.7 Å². The number of rotatable bonds is 8. The van der Waals surface area contributed by atoms with E-state index < -0.39 is 0 Å². The lowest BCUT2D eigenvalue weighted by molar-refractivity contribution is 0.557.